The number of rotatable bonds is 6. The molecule has 0 spiro atoms. The fourth-order valence-corrected chi connectivity index (χ4v) is 4.07. The average molecular weight is 473 g/mol. The first kappa shape index (κ1) is 23.4. The minimum atomic E-state index is -0.801. The molecular weight excluding hydrogens is 448 g/mol. The second-order valence-corrected chi connectivity index (χ2v) is 8.21. The Morgan fingerprint density at radius 3 is 2.38 bits per heavy atom. The maximum atomic E-state index is 15.0. The third-order valence-corrected chi connectivity index (χ3v) is 5.82. The predicted octanol–water partition coefficient (Wildman–Crippen LogP) is 1.71. The highest BCUT2D eigenvalue weighted by molar-refractivity contribution is 5.90. The first-order valence-electron chi connectivity index (χ1n) is 10.9. The minimum absolute atomic E-state index is 0.0419. The predicted molar refractivity (Wildman–Crippen MR) is 119 cm³/mol. The smallest absolute Gasteiger partial charge is 0.414 e. The number of hydrogen-bond acceptors (Lipinski definition) is 6. The van der Waals surface area contributed by atoms with E-state index in [1.54, 1.807) is 34.3 Å². The number of anilines is 2. The molecule has 1 aromatic carbocycles. The fraction of sp³-hybridized carbons (Fsp3) is 0.391. The number of piperazine rings is 1. The van der Waals surface area contributed by atoms with Crippen molar-refractivity contribution in [1.29, 1.82) is 0 Å². The number of nitrogens with zero attached hydrogens (tertiary/aromatic N) is 4. The van der Waals surface area contributed by atoms with Crippen molar-refractivity contribution >= 4 is 29.3 Å². The van der Waals surface area contributed by atoms with Crippen LogP contribution in [-0.2, 0) is 20.7 Å². The van der Waals surface area contributed by atoms with Gasteiger partial charge in [0.25, 0.3) is 0 Å². The largest absolute Gasteiger partial charge is 0.442 e. The molecule has 2 aliphatic heterocycles. The molecule has 0 bridgehead atoms. The maximum Gasteiger partial charge on any atom is 0.414 e. The van der Waals surface area contributed by atoms with Crippen molar-refractivity contribution in [2.45, 2.75) is 19.4 Å². The van der Waals surface area contributed by atoms with Crippen molar-refractivity contribution < 1.29 is 27.9 Å². The molecule has 2 aromatic rings. The van der Waals surface area contributed by atoms with E-state index in [1.807, 2.05) is 0 Å². The highest BCUT2D eigenvalue weighted by Gasteiger charge is 2.34. The number of hydrogen-bond donors (Lipinski definition) is 1. The van der Waals surface area contributed by atoms with Crippen LogP contribution >= 0.6 is 0 Å². The third-order valence-electron chi connectivity index (χ3n) is 5.82. The molecule has 2 saturated heterocycles. The summed E-state index contributed by atoms with van der Waals surface area (Å²) < 4.78 is 35.1. The molecule has 0 unspecified atom stereocenters. The van der Waals surface area contributed by atoms with Gasteiger partial charge in [-0.3, -0.25) is 19.5 Å². The summed E-state index contributed by atoms with van der Waals surface area (Å²) in [4.78, 5) is 44.1. The van der Waals surface area contributed by atoms with Gasteiger partial charge < -0.3 is 19.9 Å². The van der Waals surface area contributed by atoms with E-state index in [0.717, 1.165) is 22.6 Å². The van der Waals surface area contributed by atoms with Gasteiger partial charge in [-0.1, -0.05) is 0 Å². The molecule has 34 heavy (non-hydrogen) atoms. The number of halogens is 2. The lowest BCUT2D eigenvalue weighted by Gasteiger charge is -2.36. The molecule has 0 radical (unpaired) electrons. The highest BCUT2D eigenvalue weighted by Crippen LogP contribution is 2.31. The standard InChI is InChI=1S/C23H25F2N5O4/c1-15(31)27-13-18-14-30(23(33)34-18)17-11-19(24)22(20(25)12-17)29-8-6-28(7-9-29)21(32)10-16-2-4-26-5-3-16/h2-5,11-12,18H,6-10,13-14H2,1H3,(H,27,31)/t18-/m0/s1. The molecule has 1 N–H and O–H groups in total. The summed E-state index contributed by atoms with van der Waals surface area (Å²) in [6.45, 7) is 2.76. The molecule has 0 saturated carbocycles. The van der Waals surface area contributed by atoms with E-state index in [1.165, 1.54) is 6.92 Å². The molecule has 1 atom stereocenters. The number of benzene rings is 1. The van der Waals surface area contributed by atoms with Crippen LogP contribution in [0.3, 0.4) is 0 Å². The molecule has 9 nitrogen and oxygen atoms in total. The van der Waals surface area contributed by atoms with Gasteiger partial charge in [-0.05, 0) is 17.7 Å². The molecule has 2 aliphatic rings. The van der Waals surface area contributed by atoms with E-state index >= 15 is 0 Å². The lowest BCUT2D eigenvalue weighted by molar-refractivity contribution is -0.130. The first-order valence-corrected chi connectivity index (χ1v) is 10.9. The second kappa shape index (κ2) is 10.0. The summed E-state index contributed by atoms with van der Waals surface area (Å²) in [5, 5.41) is 2.55. The number of ether oxygens (including phenoxy) is 1. The van der Waals surface area contributed by atoms with Crippen LogP contribution in [0.1, 0.15) is 12.5 Å². The van der Waals surface area contributed by atoms with Gasteiger partial charge in [0.2, 0.25) is 11.8 Å². The molecule has 0 aliphatic carbocycles. The Bertz CT molecular complexity index is 1050. The van der Waals surface area contributed by atoms with Gasteiger partial charge in [0.05, 0.1) is 25.2 Å². The van der Waals surface area contributed by atoms with Crippen molar-refractivity contribution in [3.8, 4) is 0 Å². The molecule has 4 rings (SSSR count). The van der Waals surface area contributed by atoms with Crippen LogP contribution in [0, 0.1) is 11.6 Å². The second-order valence-electron chi connectivity index (χ2n) is 8.21. The maximum absolute atomic E-state index is 15.0. The summed E-state index contributed by atoms with van der Waals surface area (Å²) in [6, 6.07) is 5.75. The lowest BCUT2D eigenvalue weighted by Crippen LogP contribution is -2.49. The van der Waals surface area contributed by atoms with Crippen LogP contribution in [0.15, 0.2) is 36.7 Å². The summed E-state index contributed by atoms with van der Waals surface area (Å²) >= 11 is 0. The van der Waals surface area contributed by atoms with Crippen molar-refractivity contribution in [3.63, 3.8) is 0 Å². The number of carbonyl (C=O) groups excluding carboxylic acids is 3. The zero-order valence-corrected chi connectivity index (χ0v) is 18.7. The zero-order valence-electron chi connectivity index (χ0n) is 18.7. The first-order chi connectivity index (χ1) is 16.3. The van der Waals surface area contributed by atoms with Gasteiger partial charge >= 0.3 is 6.09 Å². The molecule has 3 amide bonds. The molecule has 3 heterocycles. The van der Waals surface area contributed by atoms with E-state index in [-0.39, 0.29) is 55.8 Å². The van der Waals surface area contributed by atoms with Gasteiger partial charge in [0.15, 0.2) is 11.6 Å². The molecule has 2 fully saturated rings. The van der Waals surface area contributed by atoms with Crippen LogP contribution in [0.2, 0.25) is 0 Å². The van der Waals surface area contributed by atoms with E-state index in [4.69, 9.17) is 4.74 Å². The summed E-state index contributed by atoms with van der Waals surface area (Å²) in [5.41, 5.74) is 0.711. The average Bonchev–Trinajstić information content (AvgIpc) is 3.19. The number of cyclic esters (lactones) is 1. The minimum Gasteiger partial charge on any atom is -0.442 e. The normalized spacial score (nSPS) is 18.1. The Labute approximate surface area is 195 Å². The van der Waals surface area contributed by atoms with Crippen LogP contribution < -0.4 is 15.1 Å². The van der Waals surface area contributed by atoms with Crippen molar-refractivity contribution in [1.82, 2.24) is 15.2 Å². The van der Waals surface area contributed by atoms with Gasteiger partial charge in [-0.15, -0.1) is 0 Å². The van der Waals surface area contributed by atoms with Gasteiger partial charge in [0, 0.05) is 57.6 Å². The van der Waals surface area contributed by atoms with Gasteiger partial charge in [0.1, 0.15) is 11.8 Å². The third kappa shape index (κ3) is 5.24. The van der Waals surface area contributed by atoms with E-state index < -0.39 is 23.8 Å². The Balaban J connectivity index is 1.39. The highest BCUT2D eigenvalue weighted by atomic mass is 19.1. The Hall–Kier alpha value is -3.76. The van der Waals surface area contributed by atoms with Gasteiger partial charge in [-0.2, -0.15) is 0 Å². The molecular formula is C23H25F2N5O4. The van der Waals surface area contributed by atoms with Gasteiger partial charge in [-0.25, -0.2) is 13.6 Å². The number of aromatic nitrogens is 1. The Morgan fingerprint density at radius 2 is 1.76 bits per heavy atom. The van der Waals surface area contributed by atoms with Crippen molar-refractivity contribution in [3.05, 3.63) is 53.9 Å². The Kier molecular flexibility index (Phi) is 6.90. The Morgan fingerprint density at radius 1 is 1.12 bits per heavy atom. The van der Waals surface area contributed by atoms with Crippen molar-refractivity contribution in [2.75, 3.05) is 49.1 Å². The number of carbonyl (C=O) groups is 3. The fourth-order valence-electron chi connectivity index (χ4n) is 4.07. The zero-order chi connectivity index (χ0) is 24.2. The van der Waals surface area contributed by atoms with Crippen LogP contribution in [-0.4, -0.2) is 73.2 Å². The van der Waals surface area contributed by atoms with Crippen LogP contribution in [0.5, 0.6) is 0 Å². The lowest BCUT2D eigenvalue weighted by atomic mass is 10.1. The SMILES string of the molecule is CC(=O)NC[C@H]1CN(c2cc(F)c(N3CCN(C(=O)Cc4ccncc4)CC3)c(F)c2)C(=O)O1. The molecule has 1 aromatic heterocycles. The monoisotopic (exact) mass is 473 g/mol. The number of pyridine rings is 1. The molecule has 11 heteroatoms. The van der Waals surface area contributed by atoms with Crippen LogP contribution in [0.25, 0.3) is 0 Å². The molecule has 180 valence electrons. The quantitative estimate of drug-likeness (QED) is 0.687. The van der Waals surface area contributed by atoms with Crippen LogP contribution in [0.4, 0.5) is 25.0 Å². The van der Waals surface area contributed by atoms with E-state index in [2.05, 4.69) is 10.3 Å². The van der Waals surface area contributed by atoms with E-state index in [0.29, 0.717) is 13.1 Å². The van der Waals surface area contributed by atoms with Crippen molar-refractivity contribution in [2.24, 2.45) is 0 Å². The summed E-state index contributed by atoms with van der Waals surface area (Å²) in [6.07, 6.45) is 2.15. The number of nitrogens with one attached hydrogen (secondary N) is 1. The summed E-state index contributed by atoms with van der Waals surface area (Å²) in [7, 11) is 0. The topological polar surface area (TPSA) is 95.1 Å². The van der Waals surface area contributed by atoms with E-state index in [9.17, 15) is 23.2 Å². The summed E-state index contributed by atoms with van der Waals surface area (Å²) in [5.74, 6) is -1.92. The number of amides is 3.